The van der Waals surface area contributed by atoms with Crippen LogP contribution in [0.1, 0.15) is 23.2 Å². The number of anilines is 2. The lowest BCUT2D eigenvalue weighted by Gasteiger charge is -2.15. The van der Waals surface area contributed by atoms with Gasteiger partial charge in [-0.2, -0.15) is 0 Å². The smallest absolute Gasteiger partial charge is 0.277 e. The minimum Gasteiger partial charge on any atom is -0.351 e. The van der Waals surface area contributed by atoms with Crippen molar-refractivity contribution >= 4 is 67.4 Å². The summed E-state index contributed by atoms with van der Waals surface area (Å²) >= 11 is 11.1. The Hall–Kier alpha value is -0.970. The molecule has 0 heterocycles. The minimum atomic E-state index is -1.19. The summed E-state index contributed by atoms with van der Waals surface area (Å²) in [6.07, 6.45) is 2.12. The van der Waals surface area contributed by atoms with Gasteiger partial charge in [0.2, 0.25) is 0 Å². The van der Waals surface area contributed by atoms with Gasteiger partial charge in [0.1, 0.15) is 0 Å². The van der Waals surface area contributed by atoms with Gasteiger partial charge in [-0.05, 0) is 81.5 Å². The fourth-order valence-corrected chi connectivity index (χ4v) is 3.49. The van der Waals surface area contributed by atoms with Crippen molar-refractivity contribution in [1.29, 1.82) is 0 Å². The second-order valence-corrected chi connectivity index (χ2v) is 8.35. The highest BCUT2D eigenvalue weighted by Crippen LogP contribution is 2.34. The second-order valence-electron chi connectivity index (χ2n) is 5.84. The normalized spacial score (nSPS) is 13.6. The summed E-state index contributed by atoms with van der Waals surface area (Å²) in [6.45, 7) is 0.391. The molecule has 0 radical (unpaired) electrons. The van der Waals surface area contributed by atoms with Crippen LogP contribution in [-0.2, 0) is 4.84 Å². The van der Waals surface area contributed by atoms with E-state index in [0.717, 1.165) is 16.4 Å². The average molecular weight is 558 g/mol. The lowest BCUT2D eigenvalue weighted by atomic mass is 10.1. The first kappa shape index (κ1) is 19.8. The van der Waals surface area contributed by atoms with Crippen LogP contribution in [0.5, 0.6) is 0 Å². The number of rotatable bonds is 6. The molecule has 0 unspecified atom stereocenters. The van der Waals surface area contributed by atoms with Gasteiger partial charge < -0.3 is 5.32 Å². The summed E-state index contributed by atoms with van der Waals surface area (Å²) in [5, 5.41) is 3.03. The quantitative estimate of drug-likeness (QED) is 0.268. The Bertz CT molecular complexity index is 865. The maximum atomic E-state index is 14.5. The molecule has 2 aromatic carbocycles. The average Bonchev–Trinajstić information content (AvgIpc) is 3.41. The van der Waals surface area contributed by atoms with E-state index in [9.17, 15) is 13.6 Å². The lowest BCUT2D eigenvalue weighted by molar-refractivity contribution is 0.0270. The van der Waals surface area contributed by atoms with E-state index in [0.29, 0.717) is 23.2 Å². The van der Waals surface area contributed by atoms with Gasteiger partial charge in [-0.3, -0.25) is 9.63 Å². The molecule has 2 aromatic rings. The number of benzene rings is 2. The van der Waals surface area contributed by atoms with E-state index in [1.807, 2.05) is 0 Å². The number of hydrogen-bond donors (Lipinski definition) is 2. The van der Waals surface area contributed by atoms with E-state index >= 15 is 0 Å². The van der Waals surface area contributed by atoms with Crippen LogP contribution in [0.3, 0.4) is 0 Å². The zero-order valence-electron chi connectivity index (χ0n) is 13.2. The summed E-state index contributed by atoms with van der Waals surface area (Å²) in [7, 11) is 0. The molecule has 1 aliphatic carbocycles. The van der Waals surface area contributed by atoms with E-state index in [4.69, 9.17) is 16.4 Å². The summed E-state index contributed by atoms with van der Waals surface area (Å²) in [6, 6.07) is 6.22. The SMILES string of the molecule is O=C(NOCC1CC1)c1cc(Br)c(F)c(F)c1Nc1ccc(I)cc1Cl. The highest BCUT2D eigenvalue weighted by molar-refractivity contribution is 14.1. The molecule has 0 atom stereocenters. The lowest BCUT2D eigenvalue weighted by Crippen LogP contribution is -2.26. The van der Waals surface area contributed by atoms with Crippen molar-refractivity contribution < 1.29 is 18.4 Å². The number of halogens is 5. The number of nitrogens with one attached hydrogen (secondary N) is 2. The van der Waals surface area contributed by atoms with Gasteiger partial charge in [-0.25, -0.2) is 14.3 Å². The zero-order chi connectivity index (χ0) is 18.8. The molecule has 26 heavy (non-hydrogen) atoms. The van der Waals surface area contributed by atoms with E-state index in [2.05, 4.69) is 49.3 Å². The molecule has 138 valence electrons. The van der Waals surface area contributed by atoms with Crippen LogP contribution in [0.4, 0.5) is 20.2 Å². The molecule has 1 aliphatic rings. The molecule has 0 aliphatic heterocycles. The molecule has 1 amide bonds. The van der Waals surface area contributed by atoms with E-state index < -0.39 is 17.5 Å². The van der Waals surface area contributed by atoms with Gasteiger partial charge >= 0.3 is 0 Å². The molecule has 1 fully saturated rings. The molecule has 3 rings (SSSR count). The highest BCUT2D eigenvalue weighted by Gasteiger charge is 2.25. The van der Waals surface area contributed by atoms with Crippen molar-refractivity contribution in [2.24, 2.45) is 5.92 Å². The first-order valence-electron chi connectivity index (χ1n) is 7.68. The Morgan fingerprint density at radius 1 is 1.31 bits per heavy atom. The van der Waals surface area contributed by atoms with Gasteiger partial charge in [0.15, 0.2) is 11.6 Å². The topological polar surface area (TPSA) is 50.4 Å². The molecule has 0 saturated heterocycles. The van der Waals surface area contributed by atoms with Crippen molar-refractivity contribution in [2.45, 2.75) is 12.8 Å². The largest absolute Gasteiger partial charge is 0.351 e. The minimum absolute atomic E-state index is 0.110. The third-order valence-corrected chi connectivity index (χ3v) is 5.34. The molecule has 1 saturated carbocycles. The molecule has 0 spiro atoms. The van der Waals surface area contributed by atoms with Crippen molar-refractivity contribution in [3.05, 3.63) is 54.5 Å². The summed E-state index contributed by atoms with van der Waals surface area (Å²) in [4.78, 5) is 17.5. The fraction of sp³-hybridized carbons (Fsp3) is 0.235. The first-order valence-corrected chi connectivity index (χ1v) is 9.93. The Morgan fingerprint density at radius 2 is 2.04 bits per heavy atom. The summed E-state index contributed by atoms with van der Waals surface area (Å²) in [5.41, 5.74) is 2.19. The maximum Gasteiger partial charge on any atom is 0.277 e. The van der Waals surface area contributed by atoms with Crippen LogP contribution in [0.25, 0.3) is 0 Å². The first-order chi connectivity index (χ1) is 12.4. The Kier molecular flexibility index (Phi) is 6.37. The summed E-state index contributed by atoms with van der Waals surface area (Å²) < 4.78 is 29.2. The number of carbonyl (C=O) groups is 1. The molecule has 0 aromatic heterocycles. The van der Waals surface area contributed by atoms with Crippen molar-refractivity contribution in [3.8, 4) is 0 Å². The van der Waals surface area contributed by atoms with Crippen LogP contribution < -0.4 is 10.8 Å². The van der Waals surface area contributed by atoms with Gasteiger partial charge in [-0.1, -0.05) is 11.6 Å². The molecular weight excluding hydrogens is 544 g/mol. The van der Waals surface area contributed by atoms with Gasteiger partial charge in [0, 0.05) is 3.57 Å². The highest BCUT2D eigenvalue weighted by atomic mass is 127. The van der Waals surface area contributed by atoms with E-state index in [1.165, 1.54) is 6.07 Å². The standard InChI is InChI=1S/C17H13BrClF2IN2O2/c18-11-6-10(17(25)24-26-7-8-1-2-8)16(15(21)14(11)20)23-13-4-3-9(22)5-12(13)19/h3-6,8,23H,1-2,7H2,(H,24,25). The number of amides is 1. The fourth-order valence-electron chi connectivity index (χ4n) is 2.19. The van der Waals surface area contributed by atoms with Gasteiger partial charge in [-0.15, -0.1) is 0 Å². The van der Waals surface area contributed by atoms with Crippen LogP contribution in [0.15, 0.2) is 28.7 Å². The van der Waals surface area contributed by atoms with Crippen LogP contribution in [0.2, 0.25) is 5.02 Å². The van der Waals surface area contributed by atoms with Gasteiger partial charge in [0.05, 0.1) is 33.0 Å². The molecule has 2 N–H and O–H groups in total. The number of hydroxylamine groups is 1. The van der Waals surface area contributed by atoms with Crippen molar-refractivity contribution in [1.82, 2.24) is 5.48 Å². The molecular formula is C17H13BrClF2IN2O2. The maximum absolute atomic E-state index is 14.5. The number of carbonyl (C=O) groups excluding carboxylic acids is 1. The monoisotopic (exact) mass is 556 g/mol. The van der Waals surface area contributed by atoms with Crippen LogP contribution in [-0.4, -0.2) is 12.5 Å². The van der Waals surface area contributed by atoms with E-state index in [-0.39, 0.29) is 15.7 Å². The third kappa shape index (κ3) is 4.65. The Morgan fingerprint density at radius 3 is 2.69 bits per heavy atom. The molecule has 4 nitrogen and oxygen atoms in total. The van der Waals surface area contributed by atoms with E-state index in [1.54, 1.807) is 18.2 Å². The second kappa shape index (κ2) is 8.37. The molecule has 9 heteroatoms. The van der Waals surface area contributed by atoms with Gasteiger partial charge in [0.25, 0.3) is 5.91 Å². The number of hydrogen-bond acceptors (Lipinski definition) is 3. The van der Waals surface area contributed by atoms with Crippen molar-refractivity contribution in [2.75, 3.05) is 11.9 Å². The predicted octanol–water partition coefficient (Wildman–Crippen LogP) is 5.80. The third-order valence-electron chi connectivity index (χ3n) is 3.78. The predicted molar refractivity (Wildman–Crippen MR) is 108 cm³/mol. The zero-order valence-corrected chi connectivity index (χ0v) is 17.7. The van der Waals surface area contributed by atoms with Crippen LogP contribution in [0, 0.1) is 21.1 Å². The molecule has 0 bridgehead atoms. The van der Waals surface area contributed by atoms with Crippen LogP contribution >= 0.6 is 50.1 Å². The Balaban J connectivity index is 1.90. The van der Waals surface area contributed by atoms with Crippen molar-refractivity contribution in [3.63, 3.8) is 0 Å². The summed E-state index contributed by atoms with van der Waals surface area (Å²) in [5.74, 6) is -2.55. The Labute approximate surface area is 175 Å².